The van der Waals surface area contributed by atoms with Crippen LogP contribution in [0.3, 0.4) is 0 Å². The van der Waals surface area contributed by atoms with Crippen molar-refractivity contribution >= 4 is 5.91 Å². The van der Waals surface area contributed by atoms with Crippen LogP contribution in [0, 0.1) is 11.3 Å². The number of benzene rings is 2. The van der Waals surface area contributed by atoms with Crippen LogP contribution in [0.1, 0.15) is 34.3 Å². The van der Waals surface area contributed by atoms with E-state index in [4.69, 9.17) is 5.26 Å². The number of carbonyl (C=O) groups is 1. The molecule has 1 aliphatic heterocycles. The zero-order valence-electron chi connectivity index (χ0n) is 14.8. The molecule has 2 fully saturated rings. The van der Waals surface area contributed by atoms with E-state index in [1.54, 1.807) is 18.2 Å². The molecule has 1 heterocycles. The van der Waals surface area contributed by atoms with E-state index in [0.717, 1.165) is 26.1 Å². The Morgan fingerprint density at radius 2 is 1.88 bits per heavy atom. The van der Waals surface area contributed by atoms with Gasteiger partial charge in [-0.15, -0.1) is 0 Å². The molecule has 2 aliphatic rings. The largest absolute Gasteiger partial charge is 0.333 e. The molecule has 0 aromatic heterocycles. The smallest absolute Gasteiger partial charge is 0.254 e. The second kappa shape index (κ2) is 7.31. The van der Waals surface area contributed by atoms with Crippen molar-refractivity contribution in [3.05, 3.63) is 71.3 Å². The van der Waals surface area contributed by atoms with Gasteiger partial charge in [-0.2, -0.15) is 5.26 Å². The number of rotatable bonds is 4. The van der Waals surface area contributed by atoms with Crippen LogP contribution in [0.25, 0.3) is 0 Å². The molecule has 1 atom stereocenters. The van der Waals surface area contributed by atoms with Gasteiger partial charge in [0.25, 0.3) is 5.91 Å². The summed E-state index contributed by atoms with van der Waals surface area (Å²) in [5.41, 5.74) is 2.41. The van der Waals surface area contributed by atoms with Crippen molar-refractivity contribution in [3.8, 4) is 6.07 Å². The Hall–Kier alpha value is -2.64. The lowest BCUT2D eigenvalue weighted by Gasteiger charge is -2.42. The fourth-order valence-electron chi connectivity index (χ4n) is 3.87. The first kappa shape index (κ1) is 16.8. The topological polar surface area (TPSA) is 47.3 Å². The van der Waals surface area contributed by atoms with E-state index < -0.39 is 0 Å². The Balaban J connectivity index is 1.57. The molecule has 0 spiro atoms. The molecule has 4 rings (SSSR count). The van der Waals surface area contributed by atoms with E-state index in [9.17, 15) is 4.79 Å². The number of hydrogen-bond acceptors (Lipinski definition) is 3. The first-order valence-electron chi connectivity index (χ1n) is 9.34. The highest BCUT2D eigenvalue weighted by molar-refractivity contribution is 5.95. The van der Waals surface area contributed by atoms with Gasteiger partial charge in [0.15, 0.2) is 0 Å². The SMILES string of the molecule is N#Cc1cccc(C(=O)N2CCN(C3CC3)CC2Cc2ccccc2)c1. The van der Waals surface area contributed by atoms with E-state index in [0.29, 0.717) is 17.2 Å². The van der Waals surface area contributed by atoms with Gasteiger partial charge in [-0.3, -0.25) is 9.69 Å². The average molecular weight is 345 g/mol. The molecule has 1 unspecified atom stereocenters. The number of nitriles is 1. The number of nitrogens with zero attached hydrogens (tertiary/aromatic N) is 3. The number of amides is 1. The first-order chi connectivity index (χ1) is 12.7. The second-order valence-electron chi connectivity index (χ2n) is 7.26. The Morgan fingerprint density at radius 1 is 1.08 bits per heavy atom. The predicted molar refractivity (Wildman–Crippen MR) is 101 cm³/mol. The first-order valence-corrected chi connectivity index (χ1v) is 9.34. The van der Waals surface area contributed by atoms with Gasteiger partial charge in [0.2, 0.25) is 0 Å². The standard InChI is InChI=1S/C22H23N3O/c23-15-18-7-4-8-19(13-18)22(26)25-12-11-24(20-9-10-20)16-21(25)14-17-5-2-1-3-6-17/h1-8,13,20-21H,9-12,14,16H2. The van der Waals surface area contributed by atoms with Crippen LogP contribution < -0.4 is 0 Å². The van der Waals surface area contributed by atoms with Crippen LogP contribution in [0.4, 0.5) is 0 Å². The molecule has 4 heteroatoms. The summed E-state index contributed by atoms with van der Waals surface area (Å²) < 4.78 is 0. The number of hydrogen-bond donors (Lipinski definition) is 0. The van der Waals surface area contributed by atoms with E-state index in [2.05, 4.69) is 35.2 Å². The molecular weight excluding hydrogens is 322 g/mol. The van der Waals surface area contributed by atoms with Crippen LogP contribution in [0.15, 0.2) is 54.6 Å². The second-order valence-corrected chi connectivity index (χ2v) is 7.26. The van der Waals surface area contributed by atoms with E-state index >= 15 is 0 Å². The van der Waals surface area contributed by atoms with Crippen molar-refractivity contribution in [2.45, 2.75) is 31.3 Å². The van der Waals surface area contributed by atoms with Crippen LogP contribution in [-0.4, -0.2) is 47.4 Å². The maximum atomic E-state index is 13.2. The minimum absolute atomic E-state index is 0.0403. The average Bonchev–Trinajstić information content (AvgIpc) is 3.54. The molecule has 0 bridgehead atoms. The molecule has 1 aliphatic carbocycles. The molecule has 1 amide bonds. The van der Waals surface area contributed by atoms with Crippen LogP contribution >= 0.6 is 0 Å². The summed E-state index contributed by atoms with van der Waals surface area (Å²) in [5, 5.41) is 9.12. The normalized spacial score (nSPS) is 20.6. The molecule has 2 aromatic carbocycles. The summed E-state index contributed by atoms with van der Waals surface area (Å²) in [6, 6.07) is 20.5. The molecule has 1 saturated carbocycles. The minimum Gasteiger partial charge on any atom is -0.333 e. The van der Waals surface area contributed by atoms with Gasteiger partial charge >= 0.3 is 0 Å². The van der Waals surface area contributed by atoms with Gasteiger partial charge in [0, 0.05) is 37.3 Å². The molecular formula is C22H23N3O. The summed E-state index contributed by atoms with van der Waals surface area (Å²) in [6.45, 7) is 2.63. The van der Waals surface area contributed by atoms with Gasteiger partial charge in [0.1, 0.15) is 0 Å². The van der Waals surface area contributed by atoms with Crippen LogP contribution in [0.5, 0.6) is 0 Å². The fourth-order valence-corrected chi connectivity index (χ4v) is 3.87. The van der Waals surface area contributed by atoms with Gasteiger partial charge in [-0.25, -0.2) is 0 Å². The van der Waals surface area contributed by atoms with Crippen molar-refractivity contribution < 1.29 is 4.79 Å². The van der Waals surface area contributed by atoms with E-state index in [-0.39, 0.29) is 11.9 Å². The maximum Gasteiger partial charge on any atom is 0.254 e. The Morgan fingerprint density at radius 3 is 2.62 bits per heavy atom. The van der Waals surface area contributed by atoms with Gasteiger partial charge in [-0.1, -0.05) is 36.4 Å². The molecule has 26 heavy (non-hydrogen) atoms. The minimum atomic E-state index is 0.0403. The number of piperazine rings is 1. The summed E-state index contributed by atoms with van der Waals surface area (Å²) in [6.07, 6.45) is 3.44. The molecule has 2 aromatic rings. The maximum absolute atomic E-state index is 13.2. The van der Waals surface area contributed by atoms with Crippen molar-refractivity contribution in [1.29, 1.82) is 5.26 Å². The van der Waals surface area contributed by atoms with Crippen LogP contribution in [-0.2, 0) is 6.42 Å². The van der Waals surface area contributed by atoms with Crippen molar-refractivity contribution in [2.75, 3.05) is 19.6 Å². The molecule has 0 N–H and O–H groups in total. The Labute approximate surface area is 154 Å². The lowest BCUT2D eigenvalue weighted by molar-refractivity contribution is 0.0437. The zero-order valence-corrected chi connectivity index (χ0v) is 14.8. The quantitative estimate of drug-likeness (QED) is 0.855. The number of carbonyl (C=O) groups excluding carboxylic acids is 1. The highest BCUT2D eigenvalue weighted by atomic mass is 16.2. The third-order valence-electron chi connectivity index (χ3n) is 5.39. The van der Waals surface area contributed by atoms with Crippen molar-refractivity contribution in [3.63, 3.8) is 0 Å². The third kappa shape index (κ3) is 3.63. The lowest BCUT2D eigenvalue weighted by Crippen LogP contribution is -2.56. The predicted octanol–water partition coefficient (Wildman–Crippen LogP) is 3.09. The highest BCUT2D eigenvalue weighted by Gasteiger charge is 2.37. The highest BCUT2D eigenvalue weighted by Crippen LogP contribution is 2.30. The monoisotopic (exact) mass is 345 g/mol. The molecule has 132 valence electrons. The Kier molecular flexibility index (Phi) is 4.73. The molecule has 0 radical (unpaired) electrons. The van der Waals surface area contributed by atoms with Gasteiger partial charge in [0.05, 0.1) is 11.6 Å². The third-order valence-corrected chi connectivity index (χ3v) is 5.39. The summed E-state index contributed by atoms with van der Waals surface area (Å²) in [4.78, 5) is 17.7. The van der Waals surface area contributed by atoms with Gasteiger partial charge in [-0.05, 0) is 43.0 Å². The lowest BCUT2D eigenvalue weighted by atomic mass is 10.0. The molecule has 4 nitrogen and oxygen atoms in total. The summed E-state index contributed by atoms with van der Waals surface area (Å²) >= 11 is 0. The summed E-state index contributed by atoms with van der Waals surface area (Å²) in [7, 11) is 0. The van der Waals surface area contributed by atoms with Crippen molar-refractivity contribution in [2.24, 2.45) is 0 Å². The molecule has 1 saturated heterocycles. The fraction of sp³-hybridized carbons (Fsp3) is 0.364. The summed E-state index contributed by atoms with van der Waals surface area (Å²) in [5.74, 6) is 0.0403. The zero-order chi connectivity index (χ0) is 17.9. The van der Waals surface area contributed by atoms with E-state index in [1.165, 1.54) is 18.4 Å². The van der Waals surface area contributed by atoms with Gasteiger partial charge < -0.3 is 4.90 Å². The van der Waals surface area contributed by atoms with E-state index in [1.807, 2.05) is 17.0 Å². The van der Waals surface area contributed by atoms with Crippen molar-refractivity contribution in [1.82, 2.24) is 9.80 Å². The van der Waals surface area contributed by atoms with Crippen LogP contribution in [0.2, 0.25) is 0 Å². The Bertz CT molecular complexity index is 823.